The number of quaternary nitrogens is 1. The summed E-state index contributed by atoms with van der Waals surface area (Å²) < 4.78 is 0. The summed E-state index contributed by atoms with van der Waals surface area (Å²) in [4.78, 5) is 24.0. The van der Waals surface area contributed by atoms with Gasteiger partial charge in [0.2, 0.25) is 5.82 Å². The largest absolute Gasteiger partial charge is 0.620 e. The predicted octanol–water partition coefficient (Wildman–Crippen LogP) is -0.268. The molecule has 0 saturated heterocycles. The smallest absolute Gasteiger partial charge is 0.337 e. The van der Waals surface area contributed by atoms with E-state index in [4.69, 9.17) is 0 Å². The number of nitrogens with one attached hydrogen (secondary N) is 2. The minimum atomic E-state index is -1.04. The molecule has 3 heterocycles. The zero-order chi connectivity index (χ0) is 15.9. The van der Waals surface area contributed by atoms with Gasteiger partial charge in [0.1, 0.15) is 12.1 Å². The maximum Gasteiger partial charge on any atom is 0.337 e. The zero-order valence-corrected chi connectivity index (χ0v) is 12.1. The molecular weight excluding hydrogens is 286 g/mol. The molecule has 1 aliphatic rings. The topological polar surface area (TPSA) is 116 Å². The number of rotatable bonds is 2. The first kappa shape index (κ1) is 14.5. The Balaban J connectivity index is 1.98. The number of aromatic nitrogens is 3. The van der Waals surface area contributed by atoms with E-state index in [2.05, 4.69) is 20.3 Å². The molecule has 2 aromatic rings. The van der Waals surface area contributed by atoms with Crippen molar-refractivity contribution in [2.75, 3.05) is 11.9 Å². The van der Waals surface area contributed by atoms with E-state index in [9.17, 15) is 15.1 Å². The number of pyridine rings is 1. The average Bonchev–Trinajstić information content (AvgIpc) is 2.50. The summed E-state index contributed by atoms with van der Waals surface area (Å²) in [7, 11) is 0. The van der Waals surface area contributed by atoms with E-state index < -0.39 is 16.6 Å². The Kier molecular flexibility index (Phi) is 3.36. The van der Waals surface area contributed by atoms with Gasteiger partial charge in [-0.3, -0.25) is 10.0 Å². The standard InChI is InChI=1S/C14H15N5O3/c1-14(2,21)10-4-3-8(5-15-10)9-6-16-12-13(18-9)19(22)11(20)7-17-12/h3-6,19,21H,7H2,1-2H3,(H,16,17). The molecule has 1 unspecified atom stereocenters. The second-order valence-electron chi connectivity index (χ2n) is 5.55. The first-order valence-electron chi connectivity index (χ1n) is 6.74. The average molecular weight is 301 g/mol. The highest BCUT2D eigenvalue weighted by molar-refractivity contribution is 5.80. The third-order valence-corrected chi connectivity index (χ3v) is 3.34. The van der Waals surface area contributed by atoms with Crippen molar-refractivity contribution in [3.8, 4) is 11.3 Å². The summed E-state index contributed by atoms with van der Waals surface area (Å²) in [5.41, 5.74) is 0.578. The van der Waals surface area contributed by atoms with Crippen LogP contribution in [0.1, 0.15) is 19.5 Å². The van der Waals surface area contributed by atoms with Gasteiger partial charge >= 0.3 is 5.91 Å². The molecule has 22 heavy (non-hydrogen) atoms. The minimum Gasteiger partial charge on any atom is -0.620 e. The molecule has 0 aromatic carbocycles. The lowest BCUT2D eigenvalue weighted by atomic mass is 10.0. The molecule has 0 spiro atoms. The first-order chi connectivity index (χ1) is 10.4. The lowest BCUT2D eigenvalue weighted by Gasteiger charge is -2.24. The first-order valence-corrected chi connectivity index (χ1v) is 6.74. The van der Waals surface area contributed by atoms with Crippen LogP contribution in [0.2, 0.25) is 0 Å². The molecule has 2 aromatic heterocycles. The lowest BCUT2D eigenvalue weighted by molar-refractivity contribution is -0.691. The number of carbonyl (C=O) groups is 1. The maximum absolute atomic E-state index is 11.8. The highest BCUT2D eigenvalue weighted by atomic mass is 16.5. The van der Waals surface area contributed by atoms with Crippen LogP contribution in [-0.2, 0) is 10.4 Å². The van der Waals surface area contributed by atoms with Gasteiger partial charge in [-0.2, -0.15) is 4.98 Å². The Morgan fingerprint density at radius 3 is 2.73 bits per heavy atom. The molecular formula is C14H15N5O3. The quantitative estimate of drug-likeness (QED) is 0.654. The SMILES string of the molecule is CC(C)(O)c1ccc(-c2cnc3c(n2)[NH+]([O-])C(=O)CN3)cn1. The van der Waals surface area contributed by atoms with Crippen LogP contribution in [0.25, 0.3) is 11.3 Å². The monoisotopic (exact) mass is 301 g/mol. The number of hydrogen-bond acceptors (Lipinski definition) is 7. The molecule has 3 N–H and O–H groups in total. The Labute approximate surface area is 126 Å². The van der Waals surface area contributed by atoms with Crippen molar-refractivity contribution >= 4 is 17.5 Å². The van der Waals surface area contributed by atoms with Gasteiger partial charge < -0.3 is 15.6 Å². The van der Waals surface area contributed by atoms with Gasteiger partial charge in [0.05, 0.1) is 17.6 Å². The zero-order valence-electron chi connectivity index (χ0n) is 12.1. The highest BCUT2D eigenvalue weighted by Gasteiger charge is 2.27. The van der Waals surface area contributed by atoms with Crippen LogP contribution < -0.4 is 10.4 Å². The normalized spacial score (nSPS) is 17.8. The van der Waals surface area contributed by atoms with Gasteiger partial charge in [-0.1, -0.05) is 0 Å². The summed E-state index contributed by atoms with van der Waals surface area (Å²) >= 11 is 0. The minimum absolute atomic E-state index is 0.0281. The Bertz CT molecular complexity index is 724. The van der Waals surface area contributed by atoms with Crippen LogP contribution in [0, 0.1) is 5.21 Å². The molecule has 0 aliphatic carbocycles. The van der Waals surface area contributed by atoms with Crippen LogP contribution in [-0.4, -0.2) is 32.5 Å². The second-order valence-corrected chi connectivity index (χ2v) is 5.55. The molecule has 0 bridgehead atoms. The summed E-state index contributed by atoms with van der Waals surface area (Å²) in [6.07, 6.45) is 3.06. The molecule has 0 radical (unpaired) electrons. The van der Waals surface area contributed by atoms with Crippen LogP contribution in [0.15, 0.2) is 24.5 Å². The number of hydroxylamine groups is 1. The van der Waals surface area contributed by atoms with Gasteiger partial charge in [-0.25, -0.2) is 9.78 Å². The molecule has 8 heteroatoms. The molecule has 114 valence electrons. The van der Waals surface area contributed by atoms with Crippen molar-refractivity contribution in [1.82, 2.24) is 15.0 Å². The molecule has 8 nitrogen and oxygen atoms in total. The van der Waals surface area contributed by atoms with Crippen molar-refractivity contribution in [2.24, 2.45) is 0 Å². The van der Waals surface area contributed by atoms with E-state index >= 15 is 0 Å². The fraction of sp³-hybridized carbons (Fsp3) is 0.286. The lowest BCUT2D eigenvalue weighted by Crippen LogP contribution is -3.07. The predicted molar refractivity (Wildman–Crippen MR) is 78.0 cm³/mol. The van der Waals surface area contributed by atoms with Crippen molar-refractivity contribution in [3.63, 3.8) is 0 Å². The Morgan fingerprint density at radius 1 is 1.32 bits per heavy atom. The fourth-order valence-electron chi connectivity index (χ4n) is 2.10. The van der Waals surface area contributed by atoms with Gasteiger partial charge in [0.15, 0.2) is 0 Å². The number of carbonyl (C=O) groups excluding carboxylic acids is 1. The van der Waals surface area contributed by atoms with E-state index in [1.807, 2.05) is 0 Å². The third-order valence-electron chi connectivity index (χ3n) is 3.34. The Morgan fingerprint density at radius 2 is 2.09 bits per heavy atom. The summed E-state index contributed by atoms with van der Waals surface area (Å²) in [5, 5.41) is 23.9. The van der Waals surface area contributed by atoms with E-state index in [0.29, 0.717) is 22.8 Å². The number of anilines is 1. The number of hydrogen-bond donors (Lipinski definition) is 3. The Hall–Kier alpha value is -2.42. The molecule has 3 rings (SSSR count). The number of nitrogens with zero attached hydrogens (tertiary/aromatic N) is 3. The van der Waals surface area contributed by atoms with E-state index in [1.54, 1.807) is 32.2 Å². The van der Waals surface area contributed by atoms with Crippen molar-refractivity contribution in [2.45, 2.75) is 19.4 Å². The molecule has 1 amide bonds. The molecule has 0 fully saturated rings. The third kappa shape index (κ3) is 2.54. The number of fused-ring (bicyclic) bond motifs is 1. The van der Waals surface area contributed by atoms with Gasteiger partial charge in [-0.05, 0) is 26.0 Å². The van der Waals surface area contributed by atoms with E-state index in [0.717, 1.165) is 0 Å². The van der Waals surface area contributed by atoms with Gasteiger partial charge in [0.25, 0.3) is 5.82 Å². The molecule has 1 atom stereocenters. The van der Waals surface area contributed by atoms with E-state index in [-0.39, 0.29) is 12.4 Å². The molecule has 1 aliphatic heterocycles. The van der Waals surface area contributed by atoms with Crippen LogP contribution in [0.3, 0.4) is 0 Å². The van der Waals surface area contributed by atoms with Gasteiger partial charge in [-0.15, -0.1) is 0 Å². The van der Waals surface area contributed by atoms with Crippen LogP contribution in [0.5, 0.6) is 0 Å². The summed E-state index contributed by atoms with van der Waals surface area (Å²) in [5.74, 6) is -0.191. The summed E-state index contributed by atoms with van der Waals surface area (Å²) in [6, 6.07) is 3.42. The van der Waals surface area contributed by atoms with Crippen LogP contribution >= 0.6 is 0 Å². The fourth-order valence-corrected chi connectivity index (χ4v) is 2.10. The van der Waals surface area contributed by atoms with Gasteiger partial charge in [0, 0.05) is 11.8 Å². The van der Waals surface area contributed by atoms with Crippen molar-refractivity contribution in [3.05, 3.63) is 35.4 Å². The van der Waals surface area contributed by atoms with Crippen molar-refractivity contribution in [1.29, 1.82) is 0 Å². The second kappa shape index (κ2) is 5.09. The highest BCUT2D eigenvalue weighted by Crippen LogP contribution is 2.23. The van der Waals surface area contributed by atoms with Crippen LogP contribution in [0.4, 0.5) is 11.6 Å². The summed E-state index contributed by atoms with van der Waals surface area (Å²) in [6.45, 7) is 3.23. The molecule has 0 saturated carbocycles. The maximum atomic E-state index is 11.8. The number of aliphatic hydroxyl groups is 1. The van der Waals surface area contributed by atoms with E-state index in [1.165, 1.54) is 6.20 Å². The van der Waals surface area contributed by atoms with Crippen molar-refractivity contribution < 1.29 is 15.0 Å². The number of amides is 1.